The van der Waals surface area contributed by atoms with Crippen LogP contribution in [-0.4, -0.2) is 12.3 Å². The fourth-order valence-corrected chi connectivity index (χ4v) is 1.81. The Bertz CT molecular complexity index is 477. The Kier molecular flexibility index (Phi) is 6.34. The average molecular weight is 283 g/mol. The Balaban J connectivity index is 2.42. The fraction of sp³-hybridized carbons (Fsp3) is 0.154. The molecule has 1 N–H and O–H groups in total. The van der Waals surface area contributed by atoms with Crippen molar-refractivity contribution in [3.05, 3.63) is 52.7 Å². The largest absolute Gasteiger partial charge is 0.381 e. The predicted molar refractivity (Wildman–Crippen MR) is 75.4 cm³/mol. The van der Waals surface area contributed by atoms with Crippen molar-refractivity contribution in [2.45, 2.75) is 0 Å². The number of hydrogen-bond acceptors (Lipinski definition) is 3. The molecule has 18 heavy (non-hydrogen) atoms. The molecule has 0 spiro atoms. The van der Waals surface area contributed by atoms with Gasteiger partial charge in [0.2, 0.25) is 0 Å². The summed E-state index contributed by atoms with van der Waals surface area (Å²) in [6.07, 6.45) is 1.76. The highest BCUT2D eigenvalue weighted by Crippen LogP contribution is 2.18. The van der Waals surface area contributed by atoms with Crippen LogP contribution in [0.2, 0.25) is 0 Å². The van der Waals surface area contributed by atoms with Gasteiger partial charge in [-0.25, -0.2) is 4.39 Å². The molecular formula is C13H12ClFN2S. The van der Waals surface area contributed by atoms with E-state index in [1.165, 1.54) is 23.9 Å². The number of hydrogen-bond donors (Lipinski definition) is 1. The molecule has 0 radical (unpaired) electrons. The highest BCUT2D eigenvalue weighted by atomic mass is 35.5. The van der Waals surface area contributed by atoms with Gasteiger partial charge < -0.3 is 5.32 Å². The summed E-state index contributed by atoms with van der Waals surface area (Å²) in [6.45, 7) is 4.36. The molecule has 94 valence electrons. The minimum absolute atomic E-state index is 0.276. The van der Waals surface area contributed by atoms with E-state index < -0.39 is 0 Å². The first kappa shape index (κ1) is 14.6. The van der Waals surface area contributed by atoms with E-state index in [2.05, 4.69) is 11.9 Å². The lowest BCUT2D eigenvalue weighted by Gasteiger charge is -2.07. The van der Waals surface area contributed by atoms with Crippen LogP contribution in [-0.2, 0) is 0 Å². The van der Waals surface area contributed by atoms with Crippen LogP contribution in [0.15, 0.2) is 41.3 Å². The van der Waals surface area contributed by atoms with Gasteiger partial charge in [-0.3, -0.25) is 0 Å². The first-order valence-corrected chi connectivity index (χ1v) is 6.54. The number of halogens is 2. The summed E-state index contributed by atoms with van der Waals surface area (Å²) in [7, 11) is 0. The molecule has 0 aliphatic rings. The van der Waals surface area contributed by atoms with Crippen LogP contribution < -0.4 is 5.32 Å². The van der Waals surface area contributed by atoms with Crippen LogP contribution in [0.3, 0.4) is 0 Å². The van der Waals surface area contributed by atoms with Gasteiger partial charge in [0, 0.05) is 12.2 Å². The number of rotatable bonds is 6. The van der Waals surface area contributed by atoms with Crippen molar-refractivity contribution in [1.29, 1.82) is 5.26 Å². The topological polar surface area (TPSA) is 35.8 Å². The summed E-state index contributed by atoms with van der Waals surface area (Å²) in [5.41, 5.74) is 1.52. The molecule has 0 saturated carbocycles. The van der Waals surface area contributed by atoms with Crippen LogP contribution >= 0.6 is 23.4 Å². The van der Waals surface area contributed by atoms with Gasteiger partial charge in [0.1, 0.15) is 5.82 Å². The molecule has 0 saturated heterocycles. The zero-order chi connectivity index (χ0) is 13.4. The first-order chi connectivity index (χ1) is 8.63. The van der Waals surface area contributed by atoms with E-state index in [-0.39, 0.29) is 5.82 Å². The second-order valence-corrected chi connectivity index (χ2v) is 4.97. The van der Waals surface area contributed by atoms with Crippen molar-refractivity contribution >= 4 is 29.1 Å². The molecule has 1 rings (SSSR count). The molecule has 0 aromatic heterocycles. The molecule has 5 heteroatoms. The smallest absolute Gasteiger partial charge is 0.123 e. The molecule has 0 fully saturated rings. The number of benzene rings is 1. The maximum Gasteiger partial charge on any atom is 0.123 e. The highest BCUT2D eigenvalue weighted by Gasteiger charge is 1.98. The lowest BCUT2D eigenvalue weighted by atomic mass is 10.2. The molecule has 2 nitrogen and oxygen atoms in total. The van der Waals surface area contributed by atoms with Crippen molar-refractivity contribution in [3.63, 3.8) is 0 Å². The van der Waals surface area contributed by atoms with Gasteiger partial charge in [0.15, 0.2) is 0 Å². The molecule has 0 atom stereocenters. The van der Waals surface area contributed by atoms with Gasteiger partial charge in [-0.1, -0.05) is 42.1 Å². The fourth-order valence-electron chi connectivity index (χ4n) is 1.17. The van der Waals surface area contributed by atoms with E-state index in [4.69, 9.17) is 16.9 Å². The molecule has 0 amide bonds. The Labute approximate surface area is 115 Å². The van der Waals surface area contributed by atoms with Gasteiger partial charge in [-0.2, -0.15) is 5.26 Å². The van der Waals surface area contributed by atoms with E-state index in [0.717, 1.165) is 5.56 Å². The summed E-state index contributed by atoms with van der Waals surface area (Å²) in [6, 6.07) is 8.06. The summed E-state index contributed by atoms with van der Waals surface area (Å²) in [5, 5.41) is 11.4. The van der Waals surface area contributed by atoms with E-state index >= 15 is 0 Å². The van der Waals surface area contributed by atoms with Crippen molar-refractivity contribution in [2.24, 2.45) is 0 Å². The zero-order valence-corrected chi connectivity index (χ0v) is 11.2. The third-order valence-corrected chi connectivity index (χ3v) is 3.24. The summed E-state index contributed by atoms with van der Waals surface area (Å²) >= 11 is 7.14. The van der Waals surface area contributed by atoms with Crippen LogP contribution in [0.25, 0.3) is 5.70 Å². The summed E-state index contributed by atoms with van der Waals surface area (Å²) in [5.74, 6) is 0.0521. The maximum atomic E-state index is 12.7. The third kappa shape index (κ3) is 5.26. The summed E-state index contributed by atoms with van der Waals surface area (Å²) in [4.78, 5) is 0. The van der Waals surface area contributed by atoms with Crippen LogP contribution in [0.4, 0.5) is 4.39 Å². The van der Waals surface area contributed by atoms with E-state index in [9.17, 15) is 4.39 Å². The first-order valence-electron chi connectivity index (χ1n) is 5.17. The molecule has 0 bridgehead atoms. The lowest BCUT2D eigenvalue weighted by Crippen LogP contribution is -2.11. The molecule has 1 aromatic carbocycles. The Morgan fingerprint density at radius 3 is 2.78 bits per heavy atom. The molecule has 0 unspecified atom stereocenters. The number of nitrogens with one attached hydrogen (secondary N) is 1. The van der Waals surface area contributed by atoms with E-state index in [1.807, 2.05) is 6.07 Å². The normalized spacial score (nSPS) is 10.8. The maximum absolute atomic E-state index is 12.7. The van der Waals surface area contributed by atoms with Crippen molar-refractivity contribution < 1.29 is 4.39 Å². The van der Waals surface area contributed by atoms with Crippen molar-refractivity contribution in [2.75, 3.05) is 12.3 Å². The SMILES string of the molecule is C=C(NC/C=C(/Cl)SCC#N)c1ccc(F)cc1. The second kappa shape index (κ2) is 7.80. The minimum Gasteiger partial charge on any atom is -0.381 e. The van der Waals surface area contributed by atoms with Gasteiger partial charge in [-0.05, 0) is 23.8 Å². The van der Waals surface area contributed by atoms with E-state index in [0.29, 0.717) is 22.4 Å². The zero-order valence-electron chi connectivity index (χ0n) is 9.62. The Hall–Kier alpha value is -1.44. The molecule has 0 aliphatic carbocycles. The average Bonchev–Trinajstić information content (AvgIpc) is 2.37. The van der Waals surface area contributed by atoms with Crippen LogP contribution in [0.5, 0.6) is 0 Å². The van der Waals surface area contributed by atoms with Crippen molar-refractivity contribution in [3.8, 4) is 6.07 Å². The standard InChI is InChI=1S/C13H12ClFN2S/c1-10(11-2-4-12(15)5-3-11)17-8-6-13(14)18-9-7-16/h2-6,17H,1,8-9H2/b13-6-. The quantitative estimate of drug-likeness (QED) is 0.864. The van der Waals surface area contributed by atoms with E-state index in [1.54, 1.807) is 18.2 Å². The van der Waals surface area contributed by atoms with Gasteiger partial charge in [-0.15, -0.1) is 0 Å². The predicted octanol–water partition coefficient (Wildman–Crippen LogP) is 3.72. The molecule has 1 aromatic rings. The van der Waals surface area contributed by atoms with Crippen LogP contribution in [0, 0.1) is 17.1 Å². The minimum atomic E-state index is -0.276. The molecular weight excluding hydrogens is 271 g/mol. The van der Waals surface area contributed by atoms with Gasteiger partial charge >= 0.3 is 0 Å². The van der Waals surface area contributed by atoms with Gasteiger partial charge in [0.05, 0.1) is 16.2 Å². The summed E-state index contributed by atoms with van der Waals surface area (Å²) < 4.78 is 13.3. The van der Waals surface area contributed by atoms with Crippen LogP contribution in [0.1, 0.15) is 5.56 Å². The lowest BCUT2D eigenvalue weighted by molar-refractivity contribution is 0.627. The monoisotopic (exact) mass is 282 g/mol. The van der Waals surface area contributed by atoms with Gasteiger partial charge in [0.25, 0.3) is 0 Å². The number of nitrogens with zero attached hydrogens (tertiary/aromatic N) is 1. The molecule has 0 heterocycles. The highest BCUT2D eigenvalue weighted by molar-refractivity contribution is 8.04. The third-order valence-electron chi connectivity index (χ3n) is 2.05. The Morgan fingerprint density at radius 1 is 1.50 bits per heavy atom. The number of nitriles is 1. The number of thioether (sulfide) groups is 1. The Morgan fingerprint density at radius 2 is 2.17 bits per heavy atom. The van der Waals surface area contributed by atoms with Crippen molar-refractivity contribution in [1.82, 2.24) is 5.32 Å². The second-order valence-electron chi connectivity index (χ2n) is 3.32. The molecule has 0 aliphatic heterocycles.